The van der Waals surface area contributed by atoms with Crippen molar-refractivity contribution in [2.45, 2.75) is 11.3 Å². The maximum atomic E-state index is 6.01. The summed E-state index contributed by atoms with van der Waals surface area (Å²) in [4.78, 5) is 1.25. The molecule has 0 saturated heterocycles. The molecule has 1 N–H and O–H groups in total. The van der Waals surface area contributed by atoms with E-state index in [1.165, 1.54) is 16.0 Å². The zero-order chi connectivity index (χ0) is 15.8. The van der Waals surface area contributed by atoms with E-state index in [4.69, 9.17) is 16.7 Å². The fourth-order valence-electron chi connectivity index (χ4n) is 3.00. The second-order valence-electron chi connectivity index (χ2n) is 5.44. The Hall–Kier alpha value is -1.91. The summed E-state index contributed by atoms with van der Waals surface area (Å²) in [6.07, 6.45) is 3.11. The Balaban J connectivity index is 1.90. The van der Waals surface area contributed by atoms with Crippen molar-refractivity contribution in [3.8, 4) is 16.9 Å². The van der Waals surface area contributed by atoms with Gasteiger partial charge in [-0.25, -0.2) is 4.68 Å². The normalized spacial score (nSPS) is 13.0. The molecule has 2 heterocycles. The Bertz CT molecular complexity index is 855. The van der Waals surface area contributed by atoms with E-state index in [9.17, 15) is 0 Å². The van der Waals surface area contributed by atoms with Crippen LogP contribution in [0, 0.1) is 0 Å². The summed E-state index contributed by atoms with van der Waals surface area (Å²) in [6.45, 7) is 0.954. The first-order chi connectivity index (χ1) is 11.3. The highest BCUT2D eigenvalue weighted by atomic mass is 35.5. The highest BCUT2D eigenvalue weighted by Crippen LogP contribution is 2.38. The fourth-order valence-corrected chi connectivity index (χ4v) is 3.73. The molecule has 3 aromatic rings. The molecule has 3 nitrogen and oxygen atoms in total. The lowest BCUT2D eigenvalue weighted by atomic mass is 10.1. The van der Waals surface area contributed by atoms with Crippen molar-refractivity contribution < 1.29 is 0 Å². The van der Waals surface area contributed by atoms with Crippen molar-refractivity contribution in [3.05, 3.63) is 59.1 Å². The number of nitrogens with one attached hydrogen (secondary N) is 1. The van der Waals surface area contributed by atoms with Gasteiger partial charge in [0.1, 0.15) is 5.82 Å². The lowest BCUT2D eigenvalue weighted by Crippen LogP contribution is -2.04. The molecule has 1 aliphatic rings. The highest BCUT2D eigenvalue weighted by molar-refractivity contribution is 7.98. The molecule has 4 rings (SSSR count). The molecule has 0 atom stereocenters. The summed E-state index contributed by atoms with van der Waals surface area (Å²) < 4.78 is 1.99. The van der Waals surface area contributed by atoms with E-state index in [2.05, 4.69) is 35.8 Å². The van der Waals surface area contributed by atoms with E-state index in [1.807, 2.05) is 28.9 Å². The molecule has 5 heteroatoms. The minimum atomic E-state index is 0.735. The van der Waals surface area contributed by atoms with Crippen LogP contribution in [-0.2, 0) is 6.42 Å². The molecule has 1 aliphatic heterocycles. The number of anilines is 1. The molecule has 0 aliphatic carbocycles. The molecule has 2 aromatic carbocycles. The quantitative estimate of drug-likeness (QED) is 0.688. The van der Waals surface area contributed by atoms with Crippen molar-refractivity contribution >= 4 is 29.2 Å². The summed E-state index contributed by atoms with van der Waals surface area (Å²) in [5.41, 5.74) is 4.59. The molecule has 0 spiro atoms. The minimum Gasteiger partial charge on any atom is -0.369 e. The first kappa shape index (κ1) is 14.7. The topological polar surface area (TPSA) is 29.9 Å². The number of halogens is 1. The molecule has 0 unspecified atom stereocenters. The molecule has 0 amide bonds. The molecular weight excluding hydrogens is 326 g/mol. The number of benzene rings is 2. The van der Waals surface area contributed by atoms with Crippen LogP contribution in [0.15, 0.2) is 53.4 Å². The Morgan fingerprint density at radius 3 is 2.70 bits per heavy atom. The van der Waals surface area contributed by atoms with Gasteiger partial charge in [-0.05, 0) is 43.0 Å². The van der Waals surface area contributed by atoms with Crippen LogP contribution in [0.4, 0.5) is 5.82 Å². The first-order valence-corrected chi connectivity index (χ1v) is 9.13. The van der Waals surface area contributed by atoms with Crippen molar-refractivity contribution in [2.24, 2.45) is 0 Å². The van der Waals surface area contributed by atoms with E-state index in [0.717, 1.165) is 35.2 Å². The number of hydrogen-bond acceptors (Lipinski definition) is 3. The SMILES string of the molecule is CSc1ccccc1-c1nn(-c2ccc(Cl)cc2)c2c1CCN2. The maximum absolute atomic E-state index is 6.01. The van der Waals surface area contributed by atoms with Crippen molar-refractivity contribution in [1.29, 1.82) is 0 Å². The standard InChI is InChI=1S/C18H16ClN3S/c1-23-16-5-3-2-4-14(16)17-15-10-11-20-18(15)22(21-17)13-8-6-12(19)7-9-13/h2-9,20H,10-11H2,1H3. The summed E-state index contributed by atoms with van der Waals surface area (Å²) in [5.74, 6) is 1.10. The van der Waals surface area contributed by atoms with Gasteiger partial charge in [0.2, 0.25) is 0 Å². The average Bonchev–Trinajstić information content (AvgIpc) is 3.18. The fraction of sp³-hybridized carbons (Fsp3) is 0.167. The van der Waals surface area contributed by atoms with Crippen LogP contribution < -0.4 is 5.32 Å². The van der Waals surface area contributed by atoms with Crippen molar-refractivity contribution in [2.75, 3.05) is 18.1 Å². The summed E-state index contributed by atoms with van der Waals surface area (Å²) in [6, 6.07) is 16.2. The van der Waals surface area contributed by atoms with Gasteiger partial charge < -0.3 is 5.32 Å². The second-order valence-corrected chi connectivity index (χ2v) is 6.73. The Labute approximate surface area is 144 Å². The van der Waals surface area contributed by atoms with Crippen LogP contribution in [0.5, 0.6) is 0 Å². The Kier molecular flexibility index (Phi) is 3.79. The molecular formula is C18H16ClN3S. The summed E-state index contributed by atoms with van der Waals surface area (Å²) >= 11 is 7.76. The van der Waals surface area contributed by atoms with Crippen LogP contribution in [0.3, 0.4) is 0 Å². The maximum Gasteiger partial charge on any atom is 0.133 e. The smallest absolute Gasteiger partial charge is 0.133 e. The van der Waals surface area contributed by atoms with Crippen LogP contribution in [0.1, 0.15) is 5.56 Å². The van der Waals surface area contributed by atoms with Gasteiger partial charge >= 0.3 is 0 Å². The van der Waals surface area contributed by atoms with E-state index in [0.29, 0.717) is 0 Å². The van der Waals surface area contributed by atoms with Gasteiger partial charge in [0, 0.05) is 27.6 Å². The lowest BCUT2D eigenvalue weighted by molar-refractivity contribution is 0.881. The minimum absolute atomic E-state index is 0.735. The predicted octanol–water partition coefficient (Wildman–Crippen LogP) is 4.88. The van der Waals surface area contributed by atoms with E-state index < -0.39 is 0 Å². The van der Waals surface area contributed by atoms with Gasteiger partial charge in [-0.2, -0.15) is 5.10 Å². The van der Waals surface area contributed by atoms with Crippen LogP contribution in [0.2, 0.25) is 5.02 Å². The van der Waals surface area contributed by atoms with Crippen LogP contribution in [0.25, 0.3) is 16.9 Å². The van der Waals surface area contributed by atoms with Gasteiger partial charge in [-0.15, -0.1) is 11.8 Å². The highest BCUT2D eigenvalue weighted by Gasteiger charge is 2.24. The third kappa shape index (κ3) is 2.52. The van der Waals surface area contributed by atoms with Gasteiger partial charge in [-0.3, -0.25) is 0 Å². The molecule has 0 fully saturated rings. The summed E-state index contributed by atoms with van der Waals surface area (Å²) in [5, 5.41) is 9.11. The van der Waals surface area contributed by atoms with Gasteiger partial charge in [0.15, 0.2) is 0 Å². The van der Waals surface area contributed by atoms with Gasteiger partial charge in [0.25, 0.3) is 0 Å². The van der Waals surface area contributed by atoms with Crippen molar-refractivity contribution in [1.82, 2.24) is 9.78 Å². The number of thioether (sulfide) groups is 1. The predicted molar refractivity (Wildman–Crippen MR) is 98.0 cm³/mol. The third-order valence-corrected chi connectivity index (χ3v) is 5.13. The monoisotopic (exact) mass is 341 g/mol. The first-order valence-electron chi connectivity index (χ1n) is 7.53. The molecule has 0 bridgehead atoms. The number of rotatable bonds is 3. The summed E-state index contributed by atoms with van der Waals surface area (Å²) in [7, 11) is 0. The Morgan fingerprint density at radius 1 is 1.13 bits per heavy atom. The molecule has 0 radical (unpaired) electrons. The van der Waals surface area contributed by atoms with E-state index >= 15 is 0 Å². The number of hydrogen-bond donors (Lipinski definition) is 1. The largest absolute Gasteiger partial charge is 0.369 e. The Morgan fingerprint density at radius 2 is 1.91 bits per heavy atom. The lowest BCUT2D eigenvalue weighted by Gasteiger charge is -2.07. The molecule has 1 aromatic heterocycles. The van der Waals surface area contributed by atoms with Gasteiger partial charge in [0.05, 0.1) is 11.4 Å². The molecule has 23 heavy (non-hydrogen) atoms. The zero-order valence-corrected chi connectivity index (χ0v) is 14.3. The second kappa shape index (κ2) is 5.95. The van der Waals surface area contributed by atoms with E-state index in [-0.39, 0.29) is 0 Å². The number of nitrogens with zero attached hydrogens (tertiary/aromatic N) is 2. The van der Waals surface area contributed by atoms with Crippen LogP contribution >= 0.6 is 23.4 Å². The van der Waals surface area contributed by atoms with E-state index in [1.54, 1.807) is 11.8 Å². The van der Waals surface area contributed by atoms with Crippen molar-refractivity contribution in [3.63, 3.8) is 0 Å². The number of fused-ring (bicyclic) bond motifs is 1. The zero-order valence-electron chi connectivity index (χ0n) is 12.7. The third-order valence-electron chi connectivity index (χ3n) is 4.08. The average molecular weight is 342 g/mol. The number of aromatic nitrogens is 2. The molecule has 116 valence electrons. The van der Waals surface area contributed by atoms with Crippen LogP contribution in [-0.4, -0.2) is 22.6 Å². The van der Waals surface area contributed by atoms with Gasteiger partial charge in [-0.1, -0.05) is 29.8 Å². The molecule has 0 saturated carbocycles.